The van der Waals surface area contributed by atoms with Crippen LogP contribution in [0.3, 0.4) is 0 Å². The fourth-order valence-corrected chi connectivity index (χ4v) is 2.79. The highest BCUT2D eigenvalue weighted by Crippen LogP contribution is 2.29. The Hall–Kier alpha value is -1.07. The molecule has 1 aliphatic rings. The molecule has 20 heavy (non-hydrogen) atoms. The quantitative estimate of drug-likeness (QED) is 0.738. The van der Waals surface area contributed by atoms with Crippen molar-refractivity contribution in [2.45, 2.75) is 24.7 Å². The van der Waals surface area contributed by atoms with Crippen LogP contribution in [0.4, 0.5) is 0 Å². The molecule has 112 valence electrons. The summed E-state index contributed by atoms with van der Waals surface area (Å²) in [6, 6.07) is 6.69. The van der Waals surface area contributed by atoms with Gasteiger partial charge in [-0.05, 0) is 43.5 Å². The normalized spacial score (nSPS) is 15.6. The van der Waals surface area contributed by atoms with Crippen LogP contribution in [0, 0.1) is 5.92 Å². The number of hydrogen-bond donors (Lipinski definition) is 0. The van der Waals surface area contributed by atoms with Crippen molar-refractivity contribution in [1.82, 2.24) is 4.90 Å². The molecule has 0 saturated heterocycles. The second kappa shape index (κ2) is 6.59. The Morgan fingerprint density at radius 3 is 2.70 bits per heavy atom. The standard InChI is InChI=1S/C15H23NO3S/c1-3-16(12-13-7-8-13)9-10-19-14-5-4-6-15(11-14)20(2,17)18/h4-6,11,13H,3,7-10,12H2,1-2H3. The number of nitrogens with zero attached hydrogens (tertiary/aromatic N) is 1. The number of ether oxygens (including phenoxy) is 1. The van der Waals surface area contributed by atoms with E-state index < -0.39 is 9.84 Å². The molecule has 0 aliphatic heterocycles. The molecule has 5 heteroatoms. The van der Waals surface area contributed by atoms with Crippen LogP contribution in [0.15, 0.2) is 29.2 Å². The van der Waals surface area contributed by atoms with Crippen molar-refractivity contribution in [3.8, 4) is 5.75 Å². The first-order valence-electron chi connectivity index (χ1n) is 7.14. The fraction of sp³-hybridized carbons (Fsp3) is 0.600. The molecule has 0 atom stereocenters. The lowest BCUT2D eigenvalue weighted by Crippen LogP contribution is -2.30. The van der Waals surface area contributed by atoms with Crippen molar-refractivity contribution >= 4 is 9.84 Å². The zero-order valence-electron chi connectivity index (χ0n) is 12.2. The minimum absolute atomic E-state index is 0.306. The van der Waals surface area contributed by atoms with Crippen LogP contribution < -0.4 is 4.74 Å². The monoisotopic (exact) mass is 297 g/mol. The van der Waals surface area contributed by atoms with Crippen molar-refractivity contribution in [2.75, 3.05) is 32.5 Å². The minimum atomic E-state index is -3.17. The lowest BCUT2D eigenvalue weighted by Gasteiger charge is -2.20. The molecule has 4 nitrogen and oxygen atoms in total. The van der Waals surface area contributed by atoms with E-state index in [4.69, 9.17) is 4.74 Å². The third-order valence-electron chi connectivity index (χ3n) is 3.57. The molecule has 1 aliphatic carbocycles. The second-order valence-electron chi connectivity index (χ2n) is 5.43. The van der Waals surface area contributed by atoms with Gasteiger partial charge in [0.25, 0.3) is 0 Å². The van der Waals surface area contributed by atoms with Crippen LogP contribution in [-0.4, -0.2) is 45.8 Å². The fourth-order valence-electron chi connectivity index (χ4n) is 2.13. The third kappa shape index (κ3) is 4.80. The first-order chi connectivity index (χ1) is 9.49. The minimum Gasteiger partial charge on any atom is -0.492 e. The number of likely N-dealkylation sites (N-methyl/N-ethyl adjacent to an activating group) is 1. The SMILES string of the molecule is CCN(CCOc1cccc(S(C)(=O)=O)c1)CC1CC1. The molecule has 1 aromatic carbocycles. The summed E-state index contributed by atoms with van der Waals surface area (Å²) in [7, 11) is -3.17. The zero-order valence-corrected chi connectivity index (χ0v) is 13.0. The van der Waals surface area contributed by atoms with E-state index in [0.717, 1.165) is 25.6 Å². The zero-order chi connectivity index (χ0) is 14.6. The Kier molecular flexibility index (Phi) is 5.05. The third-order valence-corrected chi connectivity index (χ3v) is 4.68. The molecular formula is C15H23NO3S. The number of benzene rings is 1. The van der Waals surface area contributed by atoms with E-state index in [-0.39, 0.29) is 0 Å². The van der Waals surface area contributed by atoms with Crippen molar-refractivity contribution in [3.05, 3.63) is 24.3 Å². The van der Waals surface area contributed by atoms with Gasteiger partial charge in [-0.2, -0.15) is 0 Å². The predicted octanol–water partition coefficient (Wildman–Crippen LogP) is 2.20. The predicted molar refractivity (Wildman–Crippen MR) is 79.9 cm³/mol. The van der Waals surface area contributed by atoms with E-state index in [9.17, 15) is 8.42 Å². The summed E-state index contributed by atoms with van der Waals surface area (Å²) in [6.07, 6.45) is 3.92. The molecule has 0 N–H and O–H groups in total. The Balaban J connectivity index is 1.84. The van der Waals surface area contributed by atoms with E-state index in [0.29, 0.717) is 17.3 Å². The Bertz CT molecular complexity index is 538. The average Bonchev–Trinajstić information content (AvgIpc) is 3.21. The topological polar surface area (TPSA) is 46.6 Å². The van der Waals surface area contributed by atoms with Gasteiger partial charge in [0.2, 0.25) is 0 Å². The number of hydrogen-bond acceptors (Lipinski definition) is 4. The van der Waals surface area contributed by atoms with Crippen molar-refractivity contribution in [2.24, 2.45) is 5.92 Å². The first kappa shape index (κ1) is 15.3. The first-order valence-corrected chi connectivity index (χ1v) is 9.03. The van der Waals surface area contributed by atoms with E-state index in [1.54, 1.807) is 24.3 Å². The van der Waals surface area contributed by atoms with E-state index in [1.807, 2.05) is 0 Å². The molecule has 1 saturated carbocycles. The van der Waals surface area contributed by atoms with Crippen molar-refractivity contribution in [3.63, 3.8) is 0 Å². The van der Waals surface area contributed by atoms with Gasteiger partial charge in [0.05, 0.1) is 4.90 Å². The molecule has 0 unspecified atom stereocenters. The largest absolute Gasteiger partial charge is 0.492 e. The van der Waals surface area contributed by atoms with Gasteiger partial charge in [-0.15, -0.1) is 0 Å². The molecule has 0 radical (unpaired) electrons. The van der Waals surface area contributed by atoms with Gasteiger partial charge in [0.15, 0.2) is 9.84 Å². The summed E-state index contributed by atoms with van der Waals surface area (Å²) in [5.74, 6) is 1.50. The van der Waals surface area contributed by atoms with Gasteiger partial charge < -0.3 is 4.74 Å². The summed E-state index contributed by atoms with van der Waals surface area (Å²) >= 11 is 0. The van der Waals surface area contributed by atoms with Gasteiger partial charge in [-0.25, -0.2) is 8.42 Å². The summed E-state index contributed by atoms with van der Waals surface area (Å²) in [4.78, 5) is 2.69. The summed E-state index contributed by atoms with van der Waals surface area (Å²) in [6.45, 7) is 5.82. The molecule has 0 aromatic heterocycles. The molecule has 0 bridgehead atoms. The smallest absolute Gasteiger partial charge is 0.175 e. The highest BCUT2D eigenvalue weighted by molar-refractivity contribution is 7.90. The highest BCUT2D eigenvalue weighted by Gasteiger charge is 2.23. The number of sulfone groups is 1. The maximum atomic E-state index is 11.5. The van der Waals surface area contributed by atoms with Gasteiger partial charge >= 0.3 is 0 Å². The molecule has 1 aromatic rings. The molecule has 0 amide bonds. The molecule has 2 rings (SSSR count). The Labute approximate surface area is 121 Å². The van der Waals surface area contributed by atoms with Gasteiger partial charge in [-0.1, -0.05) is 13.0 Å². The Morgan fingerprint density at radius 1 is 1.35 bits per heavy atom. The van der Waals surface area contributed by atoms with Crippen LogP contribution in [0.25, 0.3) is 0 Å². The van der Waals surface area contributed by atoms with Crippen molar-refractivity contribution in [1.29, 1.82) is 0 Å². The number of rotatable bonds is 8. The van der Waals surface area contributed by atoms with Gasteiger partial charge in [0, 0.05) is 19.3 Å². The van der Waals surface area contributed by atoms with Crippen LogP contribution in [0.2, 0.25) is 0 Å². The van der Waals surface area contributed by atoms with Crippen LogP contribution >= 0.6 is 0 Å². The van der Waals surface area contributed by atoms with Crippen LogP contribution in [0.5, 0.6) is 5.75 Å². The van der Waals surface area contributed by atoms with E-state index in [2.05, 4.69) is 11.8 Å². The van der Waals surface area contributed by atoms with Crippen LogP contribution in [-0.2, 0) is 9.84 Å². The van der Waals surface area contributed by atoms with Crippen LogP contribution in [0.1, 0.15) is 19.8 Å². The lowest BCUT2D eigenvalue weighted by atomic mass is 10.3. The van der Waals surface area contributed by atoms with Gasteiger partial charge in [0.1, 0.15) is 12.4 Å². The van der Waals surface area contributed by atoms with Gasteiger partial charge in [-0.3, -0.25) is 4.90 Å². The maximum absolute atomic E-state index is 11.5. The summed E-state index contributed by atoms with van der Waals surface area (Å²) < 4.78 is 28.6. The lowest BCUT2D eigenvalue weighted by molar-refractivity contribution is 0.209. The van der Waals surface area contributed by atoms with E-state index in [1.165, 1.54) is 19.1 Å². The summed E-state index contributed by atoms with van der Waals surface area (Å²) in [5, 5.41) is 0. The second-order valence-corrected chi connectivity index (χ2v) is 7.45. The molecule has 0 spiro atoms. The molecule has 0 heterocycles. The summed E-state index contributed by atoms with van der Waals surface area (Å²) in [5.41, 5.74) is 0. The van der Waals surface area contributed by atoms with Crippen molar-refractivity contribution < 1.29 is 13.2 Å². The average molecular weight is 297 g/mol. The Morgan fingerprint density at radius 2 is 2.10 bits per heavy atom. The maximum Gasteiger partial charge on any atom is 0.175 e. The molecular weight excluding hydrogens is 274 g/mol. The highest BCUT2D eigenvalue weighted by atomic mass is 32.2. The van der Waals surface area contributed by atoms with E-state index >= 15 is 0 Å². The molecule has 1 fully saturated rings.